The molecule has 1 fully saturated rings. The molecule has 7 nitrogen and oxygen atoms in total. The van der Waals surface area contributed by atoms with E-state index < -0.39 is 0 Å². The second kappa shape index (κ2) is 10.7. The SMILES string of the molecule is CN(CCc1ccncc1)C(=O)c1ccc(C(=O)NCCN2CCOCC2)cc1. The molecule has 1 saturated heterocycles. The first-order valence-electron chi connectivity index (χ1n) is 9.96. The third-order valence-electron chi connectivity index (χ3n) is 5.04. The van der Waals surface area contributed by atoms with Crippen LogP contribution in [-0.2, 0) is 11.2 Å². The molecule has 3 rings (SSSR count). The average Bonchev–Trinajstić information content (AvgIpc) is 2.78. The lowest BCUT2D eigenvalue weighted by atomic mass is 10.1. The number of carbonyl (C=O) groups excluding carboxylic acids is 2. The number of hydrogen-bond acceptors (Lipinski definition) is 5. The predicted molar refractivity (Wildman–Crippen MR) is 111 cm³/mol. The van der Waals surface area contributed by atoms with Crippen molar-refractivity contribution in [3.8, 4) is 0 Å². The molecule has 154 valence electrons. The van der Waals surface area contributed by atoms with E-state index in [1.165, 1.54) is 0 Å². The first-order chi connectivity index (χ1) is 14.1. The van der Waals surface area contributed by atoms with Gasteiger partial charge in [0.15, 0.2) is 0 Å². The molecule has 2 heterocycles. The summed E-state index contributed by atoms with van der Waals surface area (Å²) in [5.41, 5.74) is 2.28. The largest absolute Gasteiger partial charge is 0.379 e. The Hall–Kier alpha value is -2.77. The number of amides is 2. The summed E-state index contributed by atoms with van der Waals surface area (Å²) in [5.74, 6) is -0.179. The summed E-state index contributed by atoms with van der Waals surface area (Å²) in [6.45, 7) is 5.33. The van der Waals surface area contributed by atoms with Gasteiger partial charge in [-0.3, -0.25) is 19.5 Å². The third kappa shape index (κ3) is 6.37. The van der Waals surface area contributed by atoms with Gasteiger partial charge < -0.3 is 15.0 Å². The van der Waals surface area contributed by atoms with Crippen molar-refractivity contribution in [2.75, 3.05) is 53.0 Å². The van der Waals surface area contributed by atoms with E-state index in [9.17, 15) is 9.59 Å². The van der Waals surface area contributed by atoms with Gasteiger partial charge >= 0.3 is 0 Å². The van der Waals surface area contributed by atoms with Crippen LogP contribution in [0.3, 0.4) is 0 Å². The van der Waals surface area contributed by atoms with Crippen molar-refractivity contribution in [2.45, 2.75) is 6.42 Å². The maximum Gasteiger partial charge on any atom is 0.253 e. The molecule has 1 N–H and O–H groups in total. The van der Waals surface area contributed by atoms with Crippen molar-refractivity contribution in [2.24, 2.45) is 0 Å². The number of nitrogens with zero attached hydrogens (tertiary/aromatic N) is 3. The lowest BCUT2D eigenvalue weighted by molar-refractivity contribution is 0.0383. The van der Waals surface area contributed by atoms with Crippen LogP contribution in [0.4, 0.5) is 0 Å². The lowest BCUT2D eigenvalue weighted by Crippen LogP contribution is -2.41. The lowest BCUT2D eigenvalue weighted by Gasteiger charge is -2.26. The van der Waals surface area contributed by atoms with E-state index in [2.05, 4.69) is 15.2 Å². The van der Waals surface area contributed by atoms with Gasteiger partial charge in [0.1, 0.15) is 0 Å². The molecule has 0 atom stereocenters. The van der Waals surface area contributed by atoms with Gasteiger partial charge in [0.25, 0.3) is 11.8 Å². The van der Waals surface area contributed by atoms with Gasteiger partial charge in [0.05, 0.1) is 13.2 Å². The van der Waals surface area contributed by atoms with Crippen LogP contribution in [0.2, 0.25) is 0 Å². The standard InChI is InChI=1S/C22H28N4O3/c1-25(12-8-18-6-9-23-10-7-18)22(28)20-4-2-19(3-5-20)21(27)24-11-13-26-14-16-29-17-15-26/h2-7,9-10H,8,11-17H2,1H3,(H,24,27). The van der Waals surface area contributed by atoms with Gasteiger partial charge in [-0.1, -0.05) is 0 Å². The molecule has 2 aromatic rings. The summed E-state index contributed by atoms with van der Waals surface area (Å²) in [5, 5.41) is 2.93. The molecule has 29 heavy (non-hydrogen) atoms. The van der Waals surface area contributed by atoms with Gasteiger partial charge in [-0.15, -0.1) is 0 Å². The molecule has 1 aromatic heterocycles. The zero-order chi connectivity index (χ0) is 20.5. The van der Waals surface area contributed by atoms with Crippen LogP contribution in [0.5, 0.6) is 0 Å². The van der Waals surface area contributed by atoms with Crippen LogP contribution in [0.1, 0.15) is 26.3 Å². The summed E-state index contributed by atoms with van der Waals surface area (Å²) >= 11 is 0. The number of ether oxygens (including phenoxy) is 1. The highest BCUT2D eigenvalue weighted by Gasteiger charge is 2.14. The number of carbonyl (C=O) groups is 2. The van der Waals surface area contributed by atoms with Crippen LogP contribution >= 0.6 is 0 Å². The number of hydrogen-bond donors (Lipinski definition) is 1. The Morgan fingerprint density at radius 1 is 1.07 bits per heavy atom. The highest BCUT2D eigenvalue weighted by molar-refractivity contribution is 5.97. The van der Waals surface area contributed by atoms with Crippen molar-refractivity contribution in [3.05, 3.63) is 65.5 Å². The van der Waals surface area contributed by atoms with Crippen molar-refractivity contribution in [1.29, 1.82) is 0 Å². The number of rotatable bonds is 8. The molecular weight excluding hydrogens is 368 g/mol. The Bertz CT molecular complexity index is 789. The molecular formula is C22H28N4O3. The Morgan fingerprint density at radius 2 is 1.72 bits per heavy atom. The van der Waals surface area contributed by atoms with Gasteiger partial charge in [-0.25, -0.2) is 0 Å². The smallest absolute Gasteiger partial charge is 0.253 e. The number of likely N-dealkylation sites (N-methyl/N-ethyl adjacent to an activating group) is 1. The molecule has 0 unspecified atom stereocenters. The minimum atomic E-state index is -0.122. The van der Waals surface area contributed by atoms with Crippen molar-refractivity contribution in [1.82, 2.24) is 20.1 Å². The number of morpholine rings is 1. The Kier molecular flexibility index (Phi) is 7.72. The Labute approximate surface area is 171 Å². The van der Waals surface area contributed by atoms with Gasteiger partial charge in [0, 0.05) is 63.3 Å². The molecule has 0 spiro atoms. The average molecular weight is 396 g/mol. The molecule has 1 aromatic carbocycles. The van der Waals surface area contributed by atoms with E-state index in [1.807, 2.05) is 12.1 Å². The van der Waals surface area contributed by atoms with E-state index in [0.717, 1.165) is 44.8 Å². The number of aromatic nitrogens is 1. The second-order valence-electron chi connectivity index (χ2n) is 7.12. The predicted octanol–water partition coefficient (Wildman–Crippen LogP) is 1.46. The summed E-state index contributed by atoms with van der Waals surface area (Å²) < 4.78 is 5.32. The number of benzene rings is 1. The molecule has 7 heteroatoms. The highest BCUT2D eigenvalue weighted by Crippen LogP contribution is 2.08. The fraction of sp³-hybridized carbons (Fsp3) is 0.409. The molecule has 2 amide bonds. The van der Waals surface area contributed by atoms with Crippen LogP contribution < -0.4 is 5.32 Å². The molecule has 0 saturated carbocycles. The number of pyridine rings is 1. The Morgan fingerprint density at radius 3 is 2.41 bits per heavy atom. The van der Waals surface area contributed by atoms with Gasteiger partial charge in [-0.2, -0.15) is 0 Å². The maximum absolute atomic E-state index is 12.6. The zero-order valence-electron chi connectivity index (χ0n) is 16.8. The van der Waals surface area contributed by atoms with Gasteiger partial charge in [-0.05, 0) is 48.4 Å². The molecule has 1 aliphatic heterocycles. The molecule has 0 aliphatic carbocycles. The van der Waals surface area contributed by atoms with Gasteiger partial charge in [0.2, 0.25) is 0 Å². The highest BCUT2D eigenvalue weighted by atomic mass is 16.5. The van der Waals surface area contributed by atoms with Crippen LogP contribution in [0.25, 0.3) is 0 Å². The molecule has 1 aliphatic rings. The zero-order valence-corrected chi connectivity index (χ0v) is 16.8. The summed E-state index contributed by atoms with van der Waals surface area (Å²) in [6, 6.07) is 10.7. The van der Waals surface area contributed by atoms with Crippen molar-refractivity contribution < 1.29 is 14.3 Å². The first kappa shape index (κ1) is 21.0. The summed E-state index contributed by atoms with van der Waals surface area (Å²) in [7, 11) is 1.79. The number of nitrogens with one attached hydrogen (secondary N) is 1. The van der Waals surface area contributed by atoms with Crippen LogP contribution in [0, 0.1) is 0 Å². The van der Waals surface area contributed by atoms with E-state index >= 15 is 0 Å². The fourth-order valence-corrected chi connectivity index (χ4v) is 3.19. The van der Waals surface area contributed by atoms with E-state index in [-0.39, 0.29) is 11.8 Å². The minimum Gasteiger partial charge on any atom is -0.379 e. The Balaban J connectivity index is 1.45. The normalized spacial score (nSPS) is 14.4. The van der Waals surface area contributed by atoms with Crippen LogP contribution in [0.15, 0.2) is 48.8 Å². The van der Waals surface area contributed by atoms with E-state index in [4.69, 9.17) is 4.74 Å². The third-order valence-corrected chi connectivity index (χ3v) is 5.04. The quantitative estimate of drug-likeness (QED) is 0.731. The van der Waals surface area contributed by atoms with Crippen molar-refractivity contribution in [3.63, 3.8) is 0 Å². The maximum atomic E-state index is 12.6. The molecule has 0 bridgehead atoms. The molecule has 0 radical (unpaired) electrons. The summed E-state index contributed by atoms with van der Waals surface area (Å²) in [4.78, 5) is 32.9. The summed E-state index contributed by atoms with van der Waals surface area (Å²) in [6.07, 6.45) is 4.28. The minimum absolute atomic E-state index is 0.0571. The monoisotopic (exact) mass is 396 g/mol. The van der Waals surface area contributed by atoms with Crippen LogP contribution in [-0.4, -0.2) is 79.6 Å². The first-order valence-corrected chi connectivity index (χ1v) is 9.96. The van der Waals surface area contributed by atoms with Crippen molar-refractivity contribution >= 4 is 11.8 Å². The second-order valence-corrected chi connectivity index (χ2v) is 7.12. The fourth-order valence-electron chi connectivity index (χ4n) is 3.19. The van der Waals surface area contributed by atoms with E-state index in [1.54, 1.807) is 48.6 Å². The van der Waals surface area contributed by atoms with E-state index in [0.29, 0.717) is 24.2 Å². The topological polar surface area (TPSA) is 74.8 Å².